The number of likely N-dealkylation sites (tertiary alicyclic amines) is 1. The molecule has 1 heterocycles. The smallest absolute Gasteiger partial charge is 0.321 e. The Morgan fingerprint density at radius 2 is 1.72 bits per heavy atom. The first-order chi connectivity index (χ1) is 13.9. The Morgan fingerprint density at radius 3 is 2.45 bits per heavy atom. The minimum Gasteiger partial charge on any atom is -0.352 e. The Kier molecular flexibility index (Phi) is 6.74. The molecule has 29 heavy (non-hydrogen) atoms. The second-order valence-corrected chi connectivity index (χ2v) is 7.04. The van der Waals surface area contributed by atoms with E-state index in [9.17, 15) is 22.8 Å². The number of hydrogen-bond acceptors (Lipinski definition) is 2. The van der Waals surface area contributed by atoms with E-state index in [0.717, 1.165) is 31.0 Å². The van der Waals surface area contributed by atoms with Crippen LogP contribution in [-0.4, -0.2) is 36.5 Å². The van der Waals surface area contributed by atoms with Gasteiger partial charge in [-0.1, -0.05) is 6.07 Å². The maximum Gasteiger partial charge on any atom is 0.321 e. The van der Waals surface area contributed by atoms with Gasteiger partial charge in [-0.05, 0) is 61.6 Å². The van der Waals surface area contributed by atoms with Gasteiger partial charge in [0.1, 0.15) is 17.5 Å². The topological polar surface area (TPSA) is 61.4 Å². The predicted octanol–water partition coefficient (Wildman–Crippen LogP) is 4.17. The second-order valence-electron chi connectivity index (χ2n) is 7.04. The fourth-order valence-corrected chi connectivity index (χ4v) is 3.35. The maximum atomic E-state index is 13.6. The van der Waals surface area contributed by atoms with Gasteiger partial charge in [-0.2, -0.15) is 0 Å². The number of piperidine rings is 1. The lowest BCUT2D eigenvalue weighted by atomic mass is 9.93. The fraction of sp³-hybridized carbons (Fsp3) is 0.333. The van der Waals surface area contributed by atoms with Crippen molar-refractivity contribution in [2.24, 2.45) is 5.92 Å². The summed E-state index contributed by atoms with van der Waals surface area (Å²) in [6, 6.07) is 8.21. The molecule has 0 bridgehead atoms. The van der Waals surface area contributed by atoms with E-state index >= 15 is 0 Å². The average Bonchev–Trinajstić information content (AvgIpc) is 2.70. The molecule has 2 N–H and O–H groups in total. The van der Waals surface area contributed by atoms with Crippen molar-refractivity contribution >= 4 is 17.6 Å². The van der Waals surface area contributed by atoms with Gasteiger partial charge in [-0.3, -0.25) is 4.79 Å². The van der Waals surface area contributed by atoms with Crippen molar-refractivity contribution in [3.05, 3.63) is 65.5 Å². The molecule has 154 valence electrons. The zero-order valence-corrected chi connectivity index (χ0v) is 15.8. The molecule has 2 aromatic rings. The van der Waals surface area contributed by atoms with Gasteiger partial charge in [0.25, 0.3) is 5.91 Å². The Balaban J connectivity index is 1.40. The number of nitrogens with one attached hydrogen (secondary N) is 2. The zero-order chi connectivity index (χ0) is 20.8. The van der Waals surface area contributed by atoms with Crippen LogP contribution in [0.15, 0.2) is 42.5 Å². The van der Waals surface area contributed by atoms with Crippen LogP contribution in [0.4, 0.5) is 23.7 Å². The number of amides is 3. The van der Waals surface area contributed by atoms with E-state index in [1.165, 1.54) is 18.2 Å². The van der Waals surface area contributed by atoms with E-state index in [1.54, 1.807) is 11.0 Å². The van der Waals surface area contributed by atoms with Crippen LogP contribution < -0.4 is 10.6 Å². The molecular formula is C21H22F3N3O2. The summed E-state index contributed by atoms with van der Waals surface area (Å²) in [5, 5.41) is 5.29. The lowest BCUT2D eigenvalue weighted by Gasteiger charge is -2.32. The Labute approximate surface area is 166 Å². The first-order valence-corrected chi connectivity index (χ1v) is 9.47. The van der Waals surface area contributed by atoms with Crippen LogP contribution in [0.3, 0.4) is 0 Å². The third-order valence-corrected chi connectivity index (χ3v) is 4.99. The van der Waals surface area contributed by atoms with Crippen molar-refractivity contribution in [3.8, 4) is 0 Å². The predicted molar refractivity (Wildman–Crippen MR) is 103 cm³/mol. The summed E-state index contributed by atoms with van der Waals surface area (Å²) in [4.78, 5) is 25.9. The standard InChI is InChI=1S/C21H22F3N3O2/c22-15-2-1-3-17(12-15)26-21(29)27-10-7-14(8-11-27)6-9-25-20(28)18-13-16(23)4-5-19(18)24/h1-5,12-14H,6-11H2,(H,25,28)(H,26,29). The van der Waals surface area contributed by atoms with Crippen molar-refractivity contribution < 1.29 is 22.8 Å². The van der Waals surface area contributed by atoms with Crippen LogP contribution in [0, 0.1) is 23.4 Å². The Hall–Kier alpha value is -3.03. The molecule has 3 rings (SSSR count). The lowest BCUT2D eigenvalue weighted by molar-refractivity contribution is 0.0945. The summed E-state index contributed by atoms with van der Waals surface area (Å²) in [5.74, 6) is -2.18. The van der Waals surface area contributed by atoms with E-state index < -0.39 is 23.4 Å². The fourth-order valence-electron chi connectivity index (χ4n) is 3.35. The highest BCUT2D eigenvalue weighted by Gasteiger charge is 2.23. The van der Waals surface area contributed by atoms with Crippen LogP contribution in [0.1, 0.15) is 29.6 Å². The average molecular weight is 405 g/mol. The van der Waals surface area contributed by atoms with E-state index in [-0.39, 0.29) is 11.6 Å². The molecular weight excluding hydrogens is 383 g/mol. The van der Waals surface area contributed by atoms with Gasteiger partial charge in [0.15, 0.2) is 0 Å². The van der Waals surface area contributed by atoms with Crippen molar-refractivity contribution in [2.45, 2.75) is 19.3 Å². The maximum absolute atomic E-state index is 13.6. The van der Waals surface area contributed by atoms with Gasteiger partial charge in [0, 0.05) is 25.3 Å². The minimum atomic E-state index is -0.762. The number of carbonyl (C=O) groups excluding carboxylic acids is 2. The van der Waals surface area contributed by atoms with Gasteiger partial charge >= 0.3 is 6.03 Å². The Bertz CT molecular complexity index is 883. The van der Waals surface area contributed by atoms with Crippen LogP contribution in [0.2, 0.25) is 0 Å². The number of carbonyl (C=O) groups is 2. The lowest BCUT2D eigenvalue weighted by Crippen LogP contribution is -2.41. The van der Waals surface area contributed by atoms with Crippen LogP contribution in [0.25, 0.3) is 0 Å². The molecule has 3 amide bonds. The molecule has 1 saturated heterocycles. The molecule has 0 atom stereocenters. The van der Waals surface area contributed by atoms with E-state index in [4.69, 9.17) is 0 Å². The molecule has 0 unspecified atom stereocenters. The Morgan fingerprint density at radius 1 is 1.00 bits per heavy atom. The van der Waals surface area contributed by atoms with Gasteiger partial charge in [-0.15, -0.1) is 0 Å². The second kappa shape index (κ2) is 9.45. The van der Waals surface area contributed by atoms with Gasteiger partial charge in [0.05, 0.1) is 5.56 Å². The summed E-state index contributed by atoms with van der Waals surface area (Å²) in [6.45, 7) is 1.45. The quantitative estimate of drug-likeness (QED) is 0.785. The molecule has 0 radical (unpaired) electrons. The number of halogens is 3. The highest BCUT2D eigenvalue weighted by molar-refractivity contribution is 5.94. The molecule has 8 heteroatoms. The molecule has 0 spiro atoms. The minimum absolute atomic E-state index is 0.274. The molecule has 0 aromatic heterocycles. The molecule has 1 aliphatic rings. The van der Waals surface area contributed by atoms with Crippen molar-refractivity contribution in [3.63, 3.8) is 0 Å². The monoisotopic (exact) mass is 405 g/mol. The molecule has 5 nitrogen and oxygen atoms in total. The molecule has 1 aliphatic heterocycles. The SMILES string of the molecule is O=C(NCCC1CCN(C(=O)Nc2cccc(F)c2)CC1)c1cc(F)ccc1F. The molecule has 1 fully saturated rings. The van der Waals surface area contributed by atoms with Crippen LogP contribution in [0.5, 0.6) is 0 Å². The summed E-state index contributed by atoms with van der Waals surface area (Å²) in [6.07, 6.45) is 2.21. The highest BCUT2D eigenvalue weighted by atomic mass is 19.1. The number of anilines is 1. The van der Waals surface area contributed by atoms with Crippen LogP contribution in [-0.2, 0) is 0 Å². The highest BCUT2D eigenvalue weighted by Crippen LogP contribution is 2.21. The summed E-state index contributed by atoms with van der Waals surface area (Å²) < 4.78 is 40.0. The van der Waals surface area contributed by atoms with Crippen molar-refractivity contribution in [1.29, 1.82) is 0 Å². The molecule has 0 aliphatic carbocycles. The first kappa shape index (κ1) is 20.7. The van der Waals surface area contributed by atoms with E-state index in [0.29, 0.717) is 37.7 Å². The zero-order valence-electron chi connectivity index (χ0n) is 15.8. The third-order valence-electron chi connectivity index (χ3n) is 4.99. The number of rotatable bonds is 5. The summed E-state index contributed by atoms with van der Waals surface area (Å²) in [5.41, 5.74) is 0.0956. The van der Waals surface area contributed by atoms with Gasteiger partial charge in [0.2, 0.25) is 0 Å². The van der Waals surface area contributed by atoms with E-state index in [2.05, 4.69) is 10.6 Å². The van der Waals surface area contributed by atoms with Gasteiger partial charge in [-0.25, -0.2) is 18.0 Å². The number of hydrogen-bond donors (Lipinski definition) is 2. The normalized spacial score (nSPS) is 14.5. The number of urea groups is 1. The third kappa shape index (κ3) is 5.73. The molecule has 2 aromatic carbocycles. The first-order valence-electron chi connectivity index (χ1n) is 9.47. The van der Waals surface area contributed by atoms with E-state index in [1.807, 2.05) is 0 Å². The summed E-state index contributed by atoms with van der Waals surface area (Å²) in [7, 11) is 0. The van der Waals surface area contributed by atoms with Crippen molar-refractivity contribution in [2.75, 3.05) is 25.0 Å². The number of nitrogens with zero attached hydrogens (tertiary/aromatic N) is 1. The summed E-state index contributed by atoms with van der Waals surface area (Å²) >= 11 is 0. The largest absolute Gasteiger partial charge is 0.352 e. The van der Waals surface area contributed by atoms with Crippen LogP contribution >= 0.6 is 0 Å². The van der Waals surface area contributed by atoms with Gasteiger partial charge < -0.3 is 15.5 Å². The van der Waals surface area contributed by atoms with Crippen molar-refractivity contribution in [1.82, 2.24) is 10.2 Å². The molecule has 0 saturated carbocycles. The number of benzene rings is 2.